The highest BCUT2D eigenvalue weighted by molar-refractivity contribution is 5.68. The van der Waals surface area contributed by atoms with Gasteiger partial charge in [0.1, 0.15) is 11.6 Å². The maximum Gasteiger partial charge on any atom is 0.303 e. The van der Waals surface area contributed by atoms with E-state index in [9.17, 15) is 9.90 Å². The fourth-order valence-corrected chi connectivity index (χ4v) is 4.91. The number of benzene rings is 2. The maximum absolute atomic E-state index is 11.6. The molecule has 0 saturated heterocycles. The first-order valence-corrected chi connectivity index (χ1v) is 12.4. The normalized spacial score (nSPS) is 14.4. The molecule has 0 saturated carbocycles. The number of anilines is 2. The monoisotopic (exact) mass is 473 g/mol. The van der Waals surface area contributed by atoms with E-state index in [-0.39, 0.29) is 12.3 Å². The predicted molar refractivity (Wildman–Crippen MR) is 141 cm³/mol. The molecule has 0 radical (unpaired) electrons. The highest BCUT2D eigenvalue weighted by Gasteiger charge is 2.26. The number of rotatable bonds is 10. The molecule has 0 bridgehead atoms. The van der Waals surface area contributed by atoms with Gasteiger partial charge in [0.2, 0.25) is 0 Å². The molecule has 0 unspecified atom stereocenters. The number of fused-ring (bicyclic) bond motifs is 2. The second kappa shape index (κ2) is 11.3. The average Bonchev–Trinajstić information content (AvgIpc) is 2.99. The number of carboxylic acids is 1. The summed E-state index contributed by atoms with van der Waals surface area (Å²) in [5.74, 6) is 1.00. The lowest BCUT2D eigenvalue weighted by Crippen LogP contribution is -2.12. The number of aromatic nitrogens is 1. The largest absolute Gasteiger partial charge is 0.494 e. The quantitative estimate of drug-likeness (QED) is 0.390. The van der Waals surface area contributed by atoms with E-state index in [2.05, 4.69) is 46.4 Å². The highest BCUT2D eigenvalue weighted by atomic mass is 16.5. The van der Waals surface area contributed by atoms with Gasteiger partial charge in [0.05, 0.1) is 13.0 Å². The summed E-state index contributed by atoms with van der Waals surface area (Å²) >= 11 is 0. The molecule has 1 heterocycles. The Labute approximate surface area is 208 Å². The molecule has 1 aliphatic rings. The van der Waals surface area contributed by atoms with E-state index in [1.807, 2.05) is 44.6 Å². The number of hydrogen-bond acceptors (Lipinski definition) is 5. The summed E-state index contributed by atoms with van der Waals surface area (Å²) in [5, 5.41) is 12.9. The standard InChI is InChI=1S/C29H35N3O3/c1-4-20-15-25(35-13-7-11-30-28-19-24(32(2)3)10-12-31-28)16-22-14-21-8-5-6-9-26(21)23(17-27(20)22)18-29(33)34/h5-6,8-10,12,15-16,19,23H,4,7,11,13-14,17-18H2,1-3H3,(H,30,31)(H,33,34)/t23-/m0/s1. The summed E-state index contributed by atoms with van der Waals surface area (Å²) in [6.07, 6.45) is 5.28. The summed E-state index contributed by atoms with van der Waals surface area (Å²) in [5.41, 5.74) is 7.28. The third kappa shape index (κ3) is 6.13. The number of ether oxygens (including phenoxy) is 1. The fourth-order valence-electron chi connectivity index (χ4n) is 4.91. The van der Waals surface area contributed by atoms with Crippen molar-refractivity contribution in [1.29, 1.82) is 0 Å². The molecule has 0 aliphatic heterocycles. The van der Waals surface area contributed by atoms with Crippen molar-refractivity contribution in [1.82, 2.24) is 4.98 Å². The molecule has 0 spiro atoms. The van der Waals surface area contributed by atoms with Gasteiger partial charge in [-0.2, -0.15) is 0 Å². The smallest absolute Gasteiger partial charge is 0.303 e. The second-order valence-electron chi connectivity index (χ2n) is 9.37. The zero-order valence-electron chi connectivity index (χ0n) is 20.9. The molecule has 3 aromatic rings. The van der Waals surface area contributed by atoms with Crippen LogP contribution in [0.25, 0.3) is 0 Å². The molecule has 2 N–H and O–H groups in total. The molecule has 0 amide bonds. The summed E-state index contributed by atoms with van der Waals surface area (Å²) < 4.78 is 6.17. The zero-order chi connectivity index (χ0) is 24.8. The van der Waals surface area contributed by atoms with Crippen molar-refractivity contribution in [2.24, 2.45) is 0 Å². The van der Waals surface area contributed by atoms with Crippen LogP contribution in [0.1, 0.15) is 53.5 Å². The summed E-state index contributed by atoms with van der Waals surface area (Å²) in [7, 11) is 4.03. The number of carboxylic acid groups (broad SMARTS) is 1. The lowest BCUT2D eigenvalue weighted by Gasteiger charge is -2.18. The van der Waals surface area contributed by atoms with Gasteiger partial charge in [-0.3, -0.25) is 4.79 Å². The van der Waals surface area contributed by atoms with Gasteiger partial charge in [-0.25, -0.2) is 4.98 Å². The van der Waals surface area contributed by atoms with Crippen LogP contribution in [-0.4, -0.2) is 43.3 Å². The summed E-state index contributed by atoms with van der Waals surface area (Å²) in [6, 6.07) is 16.6. The fraction of sp³-hybridized carbons (Fsp3) is 0.379. The summed E-state index contributed by atoms with van der Waals surface area (Å²) in [4.78, 5) is 18.0. The van der Waals surface area contributed by atoms with Gasteiger partial charge in [0.15, 0.2) is 0 Å². The van der Waals surface area contributed by atoms with Gasteiger partial charge in [0.25, 0.3) is 0 Å². The van der Waals surface area contributed by atoms with E-state index in [0.717, 1.165) is 55.0 Å². The molecule has 4 rings (SSSR count). The lowest BCUT2D eigenvalue weighted by atomic mass is 9.87. The maximum atomic E-state index is 11.6. The number of aryl methyl sites for hydroxylation is 1. The van der Waals surface area contributed by atoms with Crippen LogP contribution in [0.4, 0.5) is 11.5 Å². The van der Waals surface area contributed by atoms with Crippen LogP contribution < -0.4 is 15.0 Å². The first kappa shape index (κ1) is 24.6. The molecule has 184 valence electrons. The molecule has 35 heavy (non-hydrogen) atoms. The van der Waals surface area contributed by atoms with Gasteiger partial charge in [0, 0.05) is 38.6 Å². The molecule has 1 aromatic heterocycles. The summed E-state index contributed by atoms with van der Waals surface area (Å²) in [6.45, 7) is 3.54. The Morgan fingerprint density at radius 2 is 2.00 bits per heavy atom. The average molecular weight is 474 g/mol. The van der Waals surface area contributed by atoms with Gasteiger partial charge in [-0.15, -0.1) is 0 Å². The number of nitrogens with zero attached hydrogens (tertiary/aromatic N) is 2. The Morgan fingerprint density at radius 1 is 1.17 bits per heavy atom. The molecule has 1 atom stereocenters. The second-order valence-corrected chi connectivity index (χ2v) is 9.37. The van der Waals surface area contributed by atoms with Crippen LogP contribution in [0.5, 0.6) is 5.75 Å². The third-order valence-electron chi connectivity index (χ3n) is 6.69. The first-order valence-electron chi connectivity index (χ1n) is 12.4. The van der Waals surface area contributed by atoms with E-state index in [0.29, 0.717) is 6.61 Å². The van der Waals surface area contributed by atoms with E-state index in [1.54, 1.807) is 0 Å². The zero-order valence-corrected chi connectivity index (χ0v) is 20.9. The Kier molecular flexibility index (Phi) is 7.91. The molecule has 0 fully saturated rings. The van der Waals surface area contributed by atoms with E-state index < -0.39 is 5.97 Å². The van der Waals surface area contributed by atoms with Crippen molar-refractivity contribution in [3.63, 3.8) is 0 Å². The van der Waals surface area contributed by atoms with Crippen LogP contribution in [0.15, 0.2) is 54.7 Å². The minimum atomic E-state index is -0.747. The number of pyridine rings is 1. The van der Waals surface area contributed by atoms with Gasteiger partial charge >= 0.3 is 5.97 Å². The lowest BCUT2D eigenvalue weighted by molar-refractivity contribution is -0.137. The van der Waals surface area contributed by atoms with Crippen molar-refractivity contribution < 1.29 is 14.6 Å². The van der Waals surface area contributed by atoms with E-state index in [1.165, 1.54) is 22.3 Å². The van der Waals surface area contributed by atoms with Crippen LogP contribution in [0, 0.1) is 0 Å². The van der Waals surface area contributed by atoms with Crippen molar-refractivity contribution in [2.75, 3.05) is 37.5 Å². The first-order chi connectivity index (χ1) is 16.9. The van der Waals surface area contributed by atoms with Crippen LogP contribution in [0.2, 0.25) is 0 Å². The Hall–Kier alpha value is -3.54. The van der Waals surface area contributed by atoms with Gasteiger partial charge in [-0.05, 0) is 77.6 Å². The molecular formula is C29H35N3O3. The van der Waals surface area contributed by atoms with E-state index >= 15 is 0 Å². The molecular weight excluding hydrogens is 438 g/mol. The van der Waals surface area contributed by atoms with Crippen LogP contribution in [-0.2, 0) is 24.1 Å². The highest BCUT2D eigenvalue weighted by Crippen LogP contribution is 2.37. The molecule has 1 aliphatic carbocycles. The molecule has 6 heteroatoms. The van der Waals surface area contributed by atoms with Gasteiger partial charge < -0.3 is 20.1 Å². The number of aliphatic carboxylic acids is 1. The number of carbonyl (C=O) groups is 1. The minimum absolute atomic E-state index is 0.00676. The van der Waals surface area contributed by atoms with Crippen molar-refractivity contribution in [3.8, 4) is 5.75 Å². The Balaban J connectivity index is 1.43. The molecule has 6 nitrogen and oxygen atoms in total. The topological polar surface area (TPSA) is 74.7 Å². The SMILES string of the molecule is CCc1cc(OCCCNc2cc(N(C)C)ccn2)cc2c1C[C@@H](CC(=O)O)c1ccccc1C2. The number of hydrogen-bond donors (Lipinski definition) is 2. The Morgan fingerprint density at radius 3 is 2.77 bits per heavy atom. The Bertz CT molecular complexity index is 1180. The number of nitrogens with one attached hydrogen (secondary N) is 1. The van der Waals surface area contributed by atoms with E-state index in [4.69, 9.17) is 4.74 Å². The van der Waals surface area contributed by atoms with Crippen LogP contribution in [0.3, 0.4) is 0 Å². The van der Waals surface area contributed by atoms with Crippen molar-refractivity contribution in [3.05, 3.63) is 82.5 Å². The van der Waals surface area contributed by atoms with Crippen LogP contribution >= 0.6 is 0 Å². The van der Waals surface area contributed by atoms with Gasteiger partial charge in [-0.1, -0.05) is 31.2 Å². The molecule has 2 aromatic carbocycles. The predicted octanol–water partition coefficient (Wildman–Crippen LogP) is 5.30. The van der Waals surface area contributed by atoms with Crippen molar-refractivity contribution in [2.45, 2.75) is 44.9 Å². The van der Waals surface area contributed by atoms with Crippen molar-refractivity contribution >= 4 is 17.5 Å². The third-order valence-corrected chi connectivity index (χ3v) is 6.69. The minimum Gasteiger partial charge on any atom is -0.494 e.